The summed E-state index contributed by atoms with van der Waals surface area (Å²) in [4.78, 5) is 0. The summed E-state index contributed by atoms with van der Waals surface area (Å²) in [6.07, 6.45) is 8.23. The summed E-state index contributed by atoms with van der Waals surface area (Å²) < 4.78 is 23.2. The molecule has 100 valence electrons. The van der Waals surface area contributed by atoms with E-state index >= 15 is 0 Å². The summed E-state index contributed by atoms with van der Waals surface area (Å²) in [5, 5.41) is 3.59. The van der Waals surface area contributed by atoms with Crippen LogP contribution in [0.15, 0.2) is 0 Å². The number of rotatable bonds is 2. The zero-order valence-corrected chi connectivity index (χ0v) is 11.6. The second-order valence-corrected chi connectivity index (χ2v) is 8.16. The van der Waals surface area contributed by atoms with E-state index in [0.29, 0.717) is 17.5 Å². The highest BCUT2D eigenvalue weighted by Crippen LogP contribution is 2.24. The third kappa shape index (κ3) is 4.25. The van der Waals surface area contributed by atoms with Gasteiger partial charge in [-0.1, -0.05) is 19.8 Å². The van der Waals surface area contributed by atoms with E-state index in [1.54, 1.807) is 0 Å². The third-order valence-corrected chi connectivity index (χ3v) is 6.01. The van der Waals surface area contributed by atoms with Crippen molar-refractivity contribution in [3.8, 4) is 0 Å². The molecular weight excluding hydrogens is 234 g/mol. The van der Waals surface area contributed by atoms with Crippen LogP contribution < -0.4 is 5.32 Å². The molecule has 1 saturated carbocycles. The van der Waals surface area contributed by atoms with E-state index < -0.39 is 9.84 Å². The fourth-order valence-electron chi connectivity index (χ4n) is 3.14. The van der Waals surface area contributed by atoms with Crippen LogP contribution in [0.5, 0.6) is 0 Å². The molecule has 0 aromatic carbocycles. The molecule has 1 saturated heterocycles. The molecule has 1 heterocycles. The van der Waals surface area contributed by atoms with Gasteiger partial charge in [-0.15, -0.1) is 0 Å². The minimum Gasteiger partial charge on any atom is -0.310 e. The number of sulfone groups is 1. The minimum atomic E-state index is -2.77. The maximum Gasteiger partial charge on any atom is 0.151 e. The molecule has 0 spiro atoms. The first kappa shape index (κ1) is 13.3. The fraction of sp³-hybridized carbons (Fsp3) is 1.00. The van der Waals surface area contributed by atoms with E-state index in [1.165, 1.54) is 32.1 Å². The van der Waals surface area contributed by atoms with E-state index in [2.05, 4.69) is 12.2 Å². The quantitative estimate of drug-likeness (QED) is 0.773. The minimum absolute atomic E-state index is 0.215. The molecule has 0 bridgehead atoms. The van der Waals surface area contributed by atoms with Gasteiger partial charge in [0.05, 0.1) is 11.5 Å². The second-order valence-electron chi connectivity index (χ2n) is 5.93. The Morgan fingerprint density at radius 2 is 1.71 bits per heavy atom. The van der Waals surface area contributed by atoms with Gasteiger partial charge in [0, 0.05) is 12.1 Å². The lowest BCUT2D eigenvalue weighted by molar-refractivity contribution is 0.381. The lowest BCUT2D eigenvalue weighted by atomic mass is 10.0. The van der Waals surface area contributed by atoms with Crippen molar-refractivity contribution in [2.45, 2.75) is 64.0 Å². The first-order chi connectivity index (χ1) is 8.05. The van der Waals surface area contributed by atoms with E-state index in [4.69, 9.17) is 0 Å². The largest absolute Gasteiger partial charge is 0.310 e. The monoisotopic (exact) mass is 259 g/mol. The van der Waals surface area contributed by atoms with Gasteiger partial charge in [-0.05, 0) is 38.0 Å². The van der Waals surface area contributed by atoms with Gasteiger partial charge in [-0.3, -0.25) is 0 Å². The fourth-order valence-corrected chi connectivity index (χ4v) is 4.79. The van der Waals surface area contributed by atoms with Gasteiger partial charge in [0.25, 0.3) is 0 Å². The molecule has 17 heavy (non-hydrogen) atoms. The molecule has 2 aliphatic rings. The van der Waals surface area contributed by atoms with Crippen LogP contribution in [0.1, 0.15) is 51.9 Å². The number of hydrogen-bond donors (Lipinski definition) is 1. The third-order valence-electron chi connectivity index (χ3n) is 4.19. The van der Waals surface area contributed by atoms with Crippen molar-refractivity contribution in [1.29, 1.82) is 0 Å². The van der Waals surface area contributed by atoms with Gasteiger partial charge in [0.15, 0.2) is 9.84 Å². The number of nitrogens with one attached hydrogen (secondary N) is 1. The summed E-state index contributed by atoms with van der Waals surface area (Å²) >= 11 is 0. The molecule has 3 atom stereocenters. The van der Waals surface area contributed by atoms with Crippen molar-refractivity contribution in [3.05, 3.63) is 0 Å². The molecule has 0 radical (unpaired) electrons. The van der Waals surface area contributed by atoms with Crippen molar-refractivity contribution in [2.75, 3.05) is 11.5 Å². The van der Waals surface area contributed by atoms with Crippen molar-refractivity contribution in [2.24, 2.45) is 5.92 Å². The second kappa shape index (κ2) is 5.70. The Kier molecular flexibility index (Phi) is 4.47. The Hall–Kier alpha value is -0.0900. The molecule has 1 N–H and O–H groups in total. The zero-order valence-electron chi connectivity index (χ0n) is 10.8. The summed E-state index contributed by atoms with van der Waals surface area (Å²) in [6.45, 7) is 2.33. The van der Waals surface area contributed by atoms with Crippen molar-refractivity contribution < 1.29 is 8.42 Å². The van der Waals surface area contributed by atoms with Crippen LogP contribution in [0, 0.1) is 5.92 Å². The smallest absolute Gasteiger partial charge is 0.151 e. The normalized spacial score (nSPS) is 38.5. The standard InChI is InChI=1S/C13H25NO2S/c1-11-4-2-5-12(8-7-11)14-13-6-3-9-17(15,16)10-13/h11-14H,2-10H2,1H3. The first-order valence-electron chi connectivity index (χ1n) is 7.01. The van der Waals surface area contributed by atoms with Crippen LogP contribution >= 0.6 is 0 Å². The highest BCUT2D eigenvalue weighted by molar-refractivity contribution is 7.91. The molecule has 2 rings (SSSR count). The maximum atomic E-state index is 11.6. The first-order valence-corrected chi connectivity index (χ1v) is 8.84. The van der Waals surface area contributed by atoms with Gasteiger partial charge in [-0.2, -0.15) is 0 Å². The molecule has 4 heteroatoms. The molecule has 0 aromatic rings. The van der Waals surface area contributed by atoms with E-state index in [9.17, 15) is 8.42 Å². The molecule has 3 nitrogen and oxygen atoms in total. The van der Waals surface area contributed by atoms with Crippen LogP contribution in [0.3, 0.4) is 0 Å². The van der Waals surface area contributed by atoms with Crippen molar-refractivity contribution in [3.63, 3.8) is 0 Å². The topological polar surface area (TPSA) is 46.2 Å². The van der Waals surface area contributed by atoms with Crippen LogP contribution in [-0.4, -0.2) is 32.0 Å². The van der Waals surface area contributed by atoms with Gasteiger partial charge >= 0.3 is 0 Å². The van der Waals surface area contributed by atoms with E-state index in [-0.39, 0.29) is 6.04 Å². The lowest BCUT2D eigenvalue weighted by Gasteiger charge is -2.28. The van der Waals surface area contributed by atoms with Crippen LogP contribution in [0.2, 0.25) is 0 Å². The molecule has 3 unspecified atom stereocenters. The van der Waals surface area contributed by atoms with Crippen LogP contribution in [0.25, 0.3) is 0 Å². The predicted octanol–water partition coefficient (Wildman–Crippen LogP) is 2.12. The average Bonchev–Trinajstić information content (AvgIpc) is 2.42. The Labute approximate surface area is 105 Å². The van der Waals surface area contributed by atoms with Gasteiger partial charge in [-0.25, -0.2) is 8.42 Å². The van der Waals surface area contributed by atoms with Crippen molar-refractivity contribution >= 4 is 9.84 Å². The summed E-state index contributed by atoms with van der Waals surface area (Å²) in [6, 6.07) is 0.769. The molecular formula is C13H25NO2S. The highest BCUT2D eigenvalue weighted by atomic mass is 32.2. The molecule has 0 amide bonds. The SMILES string of the molecule is CC1CCCC(NC2CCCS(=O)(=O)C2)CC1. The maximum absolute atomic E-state index is 11.6. The summed E-state index contributed by atoms with van der Waals surface area (Å²) in [5.41, 5.74) is 0. The Morgan fingerprint density at radius 3 is 2.47 bits per heavy atom. The molecule has 0 aromatic heterocycles. The van der Waals surface area contributed by atoms with Crippen molar-refractivity contribution in [1.82, 2.24) is 5.32 Å². The molecule has 1 aliphatic carbocycles. The molecule has 1 aliphatic heterocycles. The Bertz CT molecular complexity index is 339. The average molecular weight is 259 g/mol. The Balaban J connectivity index is 1.83. The Morgan fingerprint density at radius 1 is 0.941 bits per heavy atom. The van der Waals surface area contributed by atoms with Crippen LogP contribution in [-0.2, 0) is 9.84 Å². The number of hydrogen-bond acceptors (Lipinski definition) is 3. The zero-order chi connectivity index (χ0) is 12.3. The van der Waals surface area contributed by atoms with Gasteiger partial charge in [0.1, 0.15) is 0 Å². The summed E-state index contributed by atoms with van der Waals surface area (Å²) in [7, 11) is -2.77. The lowest BCUT2D eigenvalue weighted by Crippen LogP contribution is -2.45. The van der Waals surface area contributed by atoms with E-state index in [1.807, 2.05) is 0 Å². The predicted molar refractivity (Wildman–Crippen MR) is 70.8 cm³/mol. The van der Waals surface area contributed by atoms with Crippen LogP contribution in [0.4, 0.5) is 0 Å². The summed E-state index contributed by atoms with van der Waals surface area (Å²) in [5.74, 6) is 1.60. The van der Waals surface area contributed by atoms with Gasteiger partial charge < -0.3 is 5.32 Å². The molecule has 2 fully saturated rings. The van der Waals surface area contributed by atoms with E-state index in [0.717, 1.165) is 18.8 Å². The highest BCUT2D eigenvalue weighted by Gasteiger charge is 2.27. The van der Waals surface area contributed by atoms with Gasteiger partial charge in [0.2, 0.25) is 0 Å².